The molecule has 5 rings (SSSR count). The molecule has 1 atom stereocenters. The molecule has 10 heteroatoms. The maximum Gasteiger partial charge on any atom is 0.416 e. The largest absolute Gasteiger partial charge is 0.416 e. The van der Waals surface area contributed by atoms with Crippen LogP contribution in [0.25, 0.3) is 10.9 Å². The molecule has 2 aromatic heterocycles. The van der Waals surface area contributed by atoms with Crippen LogP contribution in [0.2, 0.25) is 0 Å². The normalized spacial score (nSPS) is 12.0. The minimum Gasteiger partial charge on any atom is -0.414 e. The molecule has 2 heterocycles. The number of rotatable bonds is 6. The van der Waals surface area contributed by atoms with Crippen molar-refractivity contribution in [2.45, 2.75) is 30.3 Å². The van der Waals surface area contributed by atoms with Gasteiger partial charge >= 0.3 is 6.18 Å². The molecule has 3 aromatic carbocycles. The number of thiol groups is 1. The van der Waals surface area contributed by atoms with Gasteiger partial charge in [-0.15, -0.1) is 10.2 Å². The lowest BCUT2D eigenvalue weighted by Gasteiger charge is -2.15. The Hall–Kier alpha value is -4.05. The van der Waals surface area contributed by atoms with Gasteiger partial charge in [0.15, 0.2) is 0 Å². The summed E-state index contributed by atoms with van der Waals surface area (Å²) in [6.07, 6.45) is -2.30. The SMILES string of the molecule is O=C(Cc1ccc(C(F)(F)F)cc1)NC(Cc1c[nH]c2ccccc12)c1nnc(S)o1.c1ccccc1. The number of para-hydroxylation sites is 1. The van der Waals surface area contributed by atoms with Crippen LogP contribution in [0.15, 0.2) is 101 Å². The lowest BCUT2D eigenvalue weighted by Crippen LogP contribution is -2.31. The summed E-state index contributed by atoms with van der Waals surface area (Å²) < 4.78 is 43.6. The first-order valence-electron chi connectivity index (χ1n) is 11.3. The van der Waals surface area contributed by atoms with E-state index in [0.29, 0.717) is 12.0 Å². The molecule has 0 spiro atoms. The Balaban J connectivity index is 0.000000469. The van der Waals surface area contributed by atoms with E-state index in [2.05, 4.69) is 33.1 Å². The number of halogens is 3. The molecular weight excluding hydrogens is 501 g/mol. The van der Waals surface area contributed by atoms with E-state index in [0.717, 1.165) is 28.6 Å². The molecule has 0 saturated carbocycles. The first-order valence-corrected chi connectivity index (χ1v) is 11.8. The number of aromatic amines is 1. The van der Waals surface area contributed by atoms with Gasteiger partial charge in [-0.3, -0.25) is 4.79 Å². The highest BCUT2D eigenvalue weighted by Crippen LogP contribution is 2.29. The summed E-state index contributed by atoms with van der Waals surface area (Å²) in [7, 11) is 0. The fourth-order valence-corrected chi connectivity index (χ4v) is 3.85. The number of alkyl halides is 3. The van der Waals surface area contributed by atoms with E-state index in [1.54, 1.807) is 0 Å². The highest BCUT2D eigenvalue weighted by Gasteiger charge is 2.30. The highest BCUT2D eigenvalue weighted by molar-refractivity contribution is 7.80. The van der Waals surface area contributed by atoms with Crippen molar-refractivity contribution in [2.75, 3.05) is 0 Å². The van der Waals surface area contributed by atoms with E-state index in [9.17, 15) is 18.0 Å². The zero-order chi connectivity index (χ0) is 26.3. The van der Waals surface area contributed by atoms with Crippen molar-refractivity contribution in [3.8, 4) is 0 Å². The third-order valence-corrected chi connectivity index (χ3v) is 5.66. The number of nitrogens with zero attached hydrogens (tertiary/aromatic N) is 2. The van der Waals surface area contributed by atoms with Gasteiger partial charge in [0, 0.05) is 23.5 Å². The Labute approximate surface area is 216 Å². The van der Waals surface area contributed by atoms with Crippen molar-refractivity contribution in [2.24, 2.45) is 0 Å². The molecular formula is C27H23F3N4O2S. The summed E-state index contributed by atoms with van der Waals surface area (Å²) in [5.41, 5.74) is 1.58. The van der Waals surface area contributed by atoms with Crippen molar-refractivity contribution >= 4 is 29.4 Å². The third-order valence-electron chi connectivity index (χ3n) is 5.47. The van der Waals surface area contributed by atoms with Crippen molar-refractivity contribution in [1.82, 2.24) is 20.5 Å². The smallest absolute Gasteiger partial charge is 0.414 e. The second-order valence-corrected chi connectivity index (χ2v) is 8.52. The molecule has 2 N–H and O–H groups in total. The van der Waals surface area contributed by atoms with Gasteiger partial charge in [-0.1, -0.05) is 79.4 Å². The lowest BCUT2D eigenvalue weighted by atomic mass is 10.0. The van der Waals surface area contributed by atoms with Crippen molar-refractivity contribution in [3.63, 3.8) is 0 Å². The van der Waals surface area contributed by atoms with Gasteiger partial charge in [0.2, 0.25) is 11.8 Å². The second-order valence-electron chi connectivity index (χ2n) is 8.13. The van der Waals surface area contributed by atoms with Crippen LogP contribution in [0.4, 0.5) is 13.2 Å². The molecule has 0 saturated heterocycles. The van der Waals surface area contributed by atoms with E-state index < -0.39 is 17.8 Å². The minimum absolute atomic E-state index is 0.0657. The number of hydrogen-bond donors (Lipinski definition) is 3. The number of carbonyl (C=O) groups is 1. The van der Waals surface area contributed by atoms with Crippen LogP contribution >= 0.6 is 12.6 Å². The van der Waals surface area contributed by atoms with Gasteiger partial charge in [0.25, 0.3) is 5.22 Å². The Morgan fingerprint density at radius 2 is 1.59 bits per heavy atom. The summed E-state index contributed by atoms with van der Waals surface area (Å²) in [6, 6.07) is 23.6. The molecule has 37 heavy (non-hydrogen) atoms. The zero-order valence-corrected chi connectivity index (χ0v) is 20.3. The summed E-state index contributed by atoms with van der Waals surface area (Å²) in [5.74, 6) is -0.195. The van der Waals surface area contributed by atoms with Gasteiger partial charge in [-0.2, -0.15) is 13.2 Å². The molecule has 1 unspecified atom stereocenters. The number of aromatic nitrogens is 3. The number of hydrogen-bond acceptors (Lipinski definition) is 5. The summed E-state index contributed by atoms with van der Waals surface area (Å²) >= 11 is 4.03. The van der Waals surface area contributed by atoms with Crippen molar-refractivity contribution in [3.05, 3.63) is 114 Å². The van der Waals surface area contributed by atoms with E-state index in [-0.39, 0.29) is 23.4 Å². The molecule has 6 nitrogen and oxygen atoms in total. The van der Waals surface area contributed by atoms with Gasteiger partial charge in [-0.05, 0) is 29.3 Å². The van der Waals surface area contributed by atoms with Crippen LogP contribution in [0.5, 0.6) is 0 Å². The van der Waals surface area contributed by atoms with E-state index in [4.69, 9.17) is 4.42 Å². The van der Waals surface area contributed by atoms with Crippen molar-refractivity contribution < 1.29 is 22.4 Å². The molecule has 1 amide bonds. The number of amides is 1. The zero-order valence-electron chi connectivity index (χ0n) is 19.4. The van der Waals surface area contributed by atoms with Crippen LogP contribution in [0.1, 0.15) is 28.6 Å². The molecule has 190 valence electrons. The fraction of sp³-hybridized carbons (Fsp3) is 0.148. The number of carbonyl (C=O) groups excluding carboxylic acids is 1. The van der Waals surface area contributed by atoms with Crippen LogP contribution in [-0.2, 0) is 23.8 Å². The summed E-state index contributed by atoms with van der Waals surface area (Å²) in [5, 5.41) is 11.6. The average molecular weight is 525 g/mol. The molecule has 0 fully saturated rings. The Bertz CT molecular complexity index is 1410. The first-order chi connectivity index (χ1) is 17.8. The number of fused-ring (bicyclic) bond motifs is 1. The highest BCUT2D eigenvalue weighted by atomic mass is 32.1. The molecule has 0 radical (unpaired) electrons. The predicted octanol–water partition coefficient (Wildman–Crippen LogP) is 6.19. The molecule has 0 aliphatic rings. The van der Waals surface area contributed by atoms with Gasteiger partial charge in [-0.25, -0.2) is 0 Å². The molecule has 0 bridgehead atoms. The van der Waals surface area contributed by atoms with Crippen LogP contribution < -0.4 is 5.32 Å². The number of benzene rings is 3. The number of nitrogens with one attached hydrogen (secondary N) is 2. The predicted molar refractivity (Wildman–Crippen MR) is 136 cm³/mol. The van der Waals surface area contributed by atoms with Crippen LogP contribution in [0, 0.1) is 0 Å². The third kappa shape index (κ3) is 7.23. The van der Waals surface area contributed by atoms with Crippen LogP contribution in [0.3, 0.4) is 0 Å². The first kappa shape index (κ1) is 26.0. The van der Waals surface area contributed by atoms with E-state index >= 15 is 0 Å². The topological polar surface area (TPSA) is 83.8 Å². The van der Waals surface area contributed by atoms with E-state index in [1.165, 1.54) is 12.1 Å². The molecule has 5 aromatic rings. The summed E-state index contributed by atoms with van der Waals surface area (Å²) in [4.78, 5) is 15.8. The molecule has 0 aliphatic heterocycles. The van der Waals surface area contributed by atoms with Crippen LogP contribution in [-0.4, -0.2) is 21.1 Å². The van der Waals surface area contributed by atoms with Gasteiger partial charge < -0.3 is 14.7 Å². The quantitative estimate of drug-likeness (QED) is 0.231. The lowest BCUT2D eigenvalue weighted by molar-refractivity contribution is -0.137. The average Bonchev–Trinajstić information content (AvgIpc) is 3.51. The Kier molecular flexibility index (Phi) is 8.29. The van der Waals surface area contributed by atoms with E-state index in [1.807, 2.05) is 66.9 Å². The number of H-pyrrole nitrogens is 1. The maximum atomic E-state index is 12.7. The fourth-order valence-electron chi connectivity index (χ4n) is 3.71. The standard InChI is InChI=1S/C21H17F3N4O2S.C6H6/c22-21(23,24)14-7-5-12(6-8-14)9-18(29)26-17(19-27-28-20(31)30-19)10-13-11-25-16-4-2-1-3-15(13)16;1-2-4-6-5-3-1/h1-8,11,17,25H,9-10H2,(H,26,29)(H,28,31);1-6H. The monoisotopic (exact) mass is 524 g/mol. The van der Waals surface area contributed by atoms with Gasteiger partial charge in [0.1, 0.15) is 6.04 Å². The van der Waals surface area contributed by atoms with Gasteiger partial charge in [0.05, 0.1) is 12.0 Å². The maximum absolute atomic E-state index is 12.7. The van der Waals surface area contributed by atoms with Crippen molar-refractivity contribution in [1.29, 1.82) is 0 Å². The Morgan fingerprint density at radius 1 is 0.946 bits per heavy atom. The Morgan fingerprint density at radius 3 is 2.19 bits per heavy atom. The minimum atomic E-state index is -4.42. The second kappa shape index (κ2) is 11.8. The summed E-state index contributed by atoms with van der Waals surface area (Å²) in [6.45, 7) is 0. The molecule has 0 aliphatic carbocycles.